The van der Waals surface area contributed by atoms with Gasteiger partial charge in [0.05, 0.1) is 19.3 Å². The predicted octanol–water partition coefficient (Wildman–Crippen LogP) is 3.16. The van der Waals surface area contributed by atoms with E-state index in [1.807, 2.05) is 12.3 Å². The van der Waals surface area contributed by atoms with Crippen molar-refractivity contribution < 1.29 is 4.74 Å². The molecule has 0 radical (unpaired) electrons. The first-order valence-corrected chi connectivity index (χ1v) is 6.95. The van der Waals surface area contributed by atoms with Gasteiger partial charge in [-0.25, -0.2) is 0 Å². The maximum absolute atomic E-state index is 5.24. The molecule has 1 N–H and O–H groups in total. The molecule has 0 saturated carbocycles. The van der Waals surface area contributed by atoms with Crippen molar-refractivity contribution in [3.05, 3.63) is 45.9 Å². The molecule has 0 amide bonds. The minimum Gasteiger partial charge on any atom is -0.495 e. The van der Waals surface area contributed by atoms with Gasteiger partial charge in [0.2, 0.25) is 0 Å². The fourth-order valence-corrected chi connectivity index (χ4v) is 2.86. The van der Waals surface area contributed by atoms with Crippen molar-refractivity contribution in [3.8, 4) is 5.75 Å². The van der Waals surface area contributed by atoms with E-state index in [0.29, 0.717) is 0 Å². The zero-order chi connectivity index (χ0) is 13.0. The van der Waals surface area contributed by atoms with Crippen LogP contribution >= 0.6 is 11.3 Å². The molecular formula is C14H18N2OS. The van der Waals surface area contributed by atoms with Gasteiger partial charge in [-0.3, -0.25) is 4.98 Å². The average Bonchev–Trinajstić information content (AvgIpc) is 2.82. The summed E-state index contributed by atoms with van der Waals surface area (Å²) in [5, 5.41) is 7.88. The number of aromatic nitrogens is 1. The molecule has 2 aromatic heterocycles. The summed E-state index contributed by atoms with van der Waals surface area (Å²) in [5.74, 6) is 0.795. The number of aryl methyl sites for hydroxylation is 1. The fourth-order valence-electron chi connectivity index (χ4n) is 1.98. The van der Waals surface area contributed by atoms with E-state index in [2.05, 4.69) is 34.9 Å². The molecule has 4 heteroatoms. The van der Waals surface area contributed by atoms with Crippen LogP contribution in [0.2, 0.25) is 0 Å². The van der Waals surface area contributed by atoms with E-state index in [1.54, 1.807) is 24.6 Å². The Morgan fingerprint density at radius 3 is 2.83 bits per heavy atom. The molecule has 0 aromatic carbocycles. The van der Waals surface area contributed by atoms with Crippen molar-refractivity contribution in [1.82, 2.24) is 10.3 Å². The van der Waals surface area contributed by atoms with E-state index in [-0.39, 0.29) is 6.04 Å². The summed E-state index contributed by atoms with van der Waals surface area (Å²) < 4.78 is 5.24. The Balaban J connectivity index is 2.38. The van der Waals surface area contributed by atoms with Gasteiger partial charge in [0.15, 0.2) is 0 Å². The summed E-state index contributed by atoms with van der Waals surface area (Å²) in [4.78, 5) is 4.24. The monoisotopic (exact) mass is 262 g/mol. The van der Waals surface area contributed by atoms with Crippen LogP contribution in [0.1, 0.15) is 29.7 Å². The lowest BCUT2D eigenvalue weighted by Crippen LogP contribution is -2.22. The highest BCUT2D eigenvalue weighted by molar-refractivity contribution is 7.08. The number of rotatable bonds is 5. The third-order valence-electron chi connectivity index (χ3n) is 2.92. The van der Waals surface area contributed by atoms with E-state index in [9.17, 15) is 0 Å². The Labute approximate surface area is 112 Å². The zero-order valence-electron chi connectivity index (χ0n) is 10.9. The third-order valence-corrected chi connectivity index (χ3v) is 3.80. The number of nitrogens with one attached hydrogen (secondary N) is 1. The van der Waals surface area contributed by atoms with Crippen molar-refractivity contribution in [3.63, 3.8) is 0 Å². The normalized spacial score (nSPS) is 12.4. The Hall–Kier alpha value is -1.39. The summed E-state index contributed by atoms with van der Waals surface area (Å²) in [6, 6.07) is 2.22. The van der Waals surface area contributed by atoms with Crippen LogP contribution in [0.25, 0.3) is 0 Å². The first kappa shape index (κ1) is 13.1. The molecule has 2 heterocycles. The second-order valence-electron chi connectivity index (χ2n) is 4.16. The highest BCUT2D eigenvalue weighted by Gasteiger charge is 2.16. The van der Waals surface area contributed by atoms with Gasteiger partial charge in [-0.2, -0.15) is 11.3 Å². The SMILES string of the molecule is CCNC(c1cncc(OC)c1)c1cscc1C. The molecule has 0 aliphatic carbocycles. The average molecular weight is 262 g/mol. The van der Waals surface area contributed by atoms with Crippen LogP contribution in [-0.4, -0.2) is 18.6 Å². The fraction of sp³-hybridized carbons (Fsp3) is 0.357. The second-order valence-corrected chi connectivity index (χ2v) is 4.90. The number of thiophene rings is 1. The largest absolute Gasteiger partial charge is 0.495 e. The number of hydrogen-bond donors (Lipinski definition) is 1. The summed E-state index contributed by atoms with van der Waals surface area (Å²) >= 11 is 1.73. The van der Waals surface area contributed by atoms with Crippen LogP contribution in [0.4, 0.5) is 0 Å². The Morgan fingerprint density at radius 2 is 2.22 bits per heavy atom. The van der Waals surface area contributed by atoms with Crippen LogP contribution in [-0.2, 0) is 0 Å². The topological polar surface area (TPSA) is 34.2 Å². The van der Waals surface area contributed by atoms with E-state index in [4.69, 9.17) is 4.74 Å². The van der Waals surface area contributed by atoms with E-state index in [1.165, 1.54) is 11.1 Å². The Bertz CT molecular complexity index is 510. The van der Waals surface area contributed by atoms with Crippen molar-refractivity contribution in [2.75, 3.05) is 13.7 Å². The maximum atomic E-state index is 5.24. The van der Waals surface area contributed by atoms with Crippen LogP contribution in [0.3, 0.4) is 0 Å². The van der Waals surface area contributed by atoms with Gasteiger partial charge in [-0.1, -0.05) is 6.92 Å². The van der Waals surface area contributed by atoms with Crippen molar-refractivity contribution in [2.45, 2.75) is 19.9 Å². The molecule has 0 saturated heterocycles. The van der Waals surface area contributed by atoms with Gasteiger partial charge in [0, 0.05) is 6.20 Å². The molecular weight excluding hydrogens is 244 g/mol. The molecule has 1 atom stereocenters. The minimum atomic E-state index is 0.184. The van der Waals surface area contributed by atoms with Crippen LogP contribution in [0.15, 0.2) is 29.2 Å². The first-order chi connectivity index (χ1) is 8.76. The minimum absolute atomic E-state index is 0.184. The summed E-state index contributed by atoms with van der Waals surface area (Å²) in [5.41, 5.74) is 3.77. The number of ether oxygens (including phenoxy) is 1. The lowest BCUT2D eigenvalue weighted by atomic mass is 10.00. The standard InChI is InChI=1S/C14H18N2OS/c1-4-16-14(13-9-18-8-10(13)2)11-5-12(17-3)7-15-6-11/h5-9,14,16H,4H2,1-3H3. The van der Waals surface area contributed by atoms with Gasteiger partial charge in [-0.15, -0.1) is 0 Å². The molecule has 0 spiro atoms. The number of methoxy groups -OCH3 is 1. The molecule has 2 rings (SSSR count). The molecule has 1 unspecified atom stereocenters. The van der Waals surface area contributed by atoms with Crippen LogP contribution in [0.5, 0.6) is 5.75 Å². The molecule has 0 aliphatic rings. The lowest BCUT2D eigenvalue weighted by molar-refractivity contribution is 0.411. The van der Waals surface area contributed by atoms with E-state index in [0.717, 1.165) is 17.9 Å². The van der Waals surface area contributed by atoms with Crippen molar-refractivity contribution in [2.24, 2.45) is 0 Å². The Morgan fingerprint density at radius 1 is 1.39 bits per heavy atom. The molecule has 3 nitrogen and oxygen atoms in total. The molecule has 96 valence electrons. The third kappa shape index (κ3) is 2.71. The maximum Gasteiger partial charge on any atom is 0.137 e. The van der Waals surface area contributed by atoms with Crippen molar-refractivity contribution >= 4 is 11.3 Å². The van der Waals surface area contributed by atoms with Gasteiger partial charge >= 0.3 is 0 Å². The highest BCUT2D eigenvalue weighted by atomic mass is 32.1. The van der Waals surface area contributed by atoms with E-state index < -0.39 is 0 Å². The highest BCUT2D eigenvalue weighted by Crippen LogP contribution is 2.28. The van der Waals surface area contributed by atoms with Gasteiger partial charge < -0.3 is 10.1 Å². The smallest absolute Gasteiger partial charge is 0.137 e. The Kier molecular flexibility index (Phi) is 4.33. The molecule has 0 fully saturated rings. The molecule has 18 heavy (non-hydrogen) atoms. The molecule has 0 aliphatic heterocycles. The number of pyridine rings is 1. The second kappa shape index (κ2) is 5.98. The lowest BCUT2D eigenvalue weighted by Gasteiger charge is -2.18. The number of nitrogens with zero attached hydrogens (tertiary/aromatic N) is 1. The number of hydrogen-bond acceptors (Lipinski definition) is 4. The summed E-state index contributed by atoms with van der Waals surface area (Å²) in [6.07, 6.45) is 3.62. The molecule has 2 aromatic rings. The predicted molar refractivity (Wildman–Crippen MR) is 75.4 cm³/mol. The van der Waals surface area contributed by atoms with Crippen molar-refractivity contribution in [1.29, 1.82) is 0 Å². The van der Waals surface area contributed by atoms with Crippen LogP contribution in [0, 0.1) is 6.92 Å². The van der Waals surface area contributed by atoms with Crippen LogP contribution < -0.4 is 10.1 Å². The van der Waals surface area contributed by atoms with Gasteiger partial charge in [0.25, 0.3) is 0 Å². The molecule has 0 bridgehead atoms. The quantitative estimate of drug-likeness (QED) is 0.898. The van der Waals surface area contributed by atoms with E-state index >= 15 is 0 Å². The van der Waals surface area contributed by atoms with Gasteiger partial charge in [0.1, 0.15) is 5.75 Å². The van der Waals surface area contributed by atoms with Gasteiger partial charge in [-0.05, 0) is 47.0 Å². The summed E-state index contributed by atoms with van der Waals surface area (Å²) in [6.45, 7) is 5.17. The first-order valence-electron chi connectivity index (χ1n) is 6.01. The zero-order valence-corrected chi connectivity index (χ0v) is 11.8. The summed E-state index contributed by atoms with van der Waals surface area (Å²) in [7, 11) is 1.67.